The van der Waals surface area contributed by atoms with Crippen LogP contribution in [0.25, 0.3) is 10.2 Å². The van der Waals surface area contributed by atoms with Gasteiger partial charge in [0.2, 0.25) is 0 Å². The Morgan fingerprint density at radius 1 is 1.10 bits per heavy atom. The normalized spacial score (nSPS) is 10.7. The van der Waals surface area contributed by atoms with Gasteiger partial charge in [-0.2, -0.15) is 0 Å². The predicted octanol–water partition coefficient (Wildman–Crippen LogP) is 3.97. The van der Waals surface area contributed by atoms with Crippen LogP contribution in [0.5, 0.6) is 5.75 Å². The van der Waals surface area contributed by atoms with Crippen LogP contribution in [0.2, 0.25) is 0 Å². The van der Waals surface area contributed by atoms with Crippen LogP contribution in [0.4, 0.5) is 0 Å². The van der Waals surface area contributed by atoms with Gasteiger partial charge in [0.05, 0.1) is 23.4 Å². The number of aromatic nitrogens is 1. The highest BCUT2D eigenvalue weighted by molar-refractivity contribution is 7.18. The van der Waals surface area contributed by atoms with Crippen molar-refractivity contribution < 1.29 is 19.1 Å². The first-order chi connectivity index (χ1) is 14.0. The Kier molecular flexibility index (Phi) is 7.19. The molecule has 29 heavy (non-hydrogen) atoms. The number of fused-ring (bicyclic) bond motifs is 1. The van der Waals surface area contributed by atoms with Gasteiger partial charge in [-0.15, -0.1) is 11.3 Å². The fraction of sp³-hybridized carbons (Fsp3) is 0.318. The van der Waals surface area contributed by atoms with E-state index in [-0.39, 0.29) is 18.9 Å². The van der Waals surface area contributed by atoms with Crippen molar-refractivity contribution >= 4 is 33.4 Å². The minimum absolute atomic E-state index is 0.209. The molecule has 0 aliphatic rings. The molecule has 2 aromatic carbocycles. The highest BCUT2D eigenvalue weighted by atomic mass is 32.1. The van der Waals surface area contributed by atoms with Gasteiger partial charge in [-0.25, -0.2) is 4.98 Å². The van der Waals surface area contributed by atoms with Crippen molar-refractivity contribution in [1.82, 2.24) is 9.88 Å². The number of hydrogen-bond acceptors (Lipinski definition) is 6. The molecule has 0 saturated heterocycles. The van der Waals surface area contributed by atoms with Gasteiger partial charge in [0.25, 0.3) is 5.91 Å². The number of carbonyl (C=O) groups excluding carboxylic acids is 2. The molecule has 1 aromatic heterocycles. The molecule has 0 atom stereocenters. The Labute approximate surface area is 174 Å². The topological polar surface area (TPSA) is 68.7 Å². The summed E-state index contributed by atoms with van der Waals surface area (Å²) in [6.45, 7) is 2.56. The molecule has 0 aliphatic heterocycles. The predicted molar refractivity (Wildman–Crippen MR) is 113 cm³/mol. The lowest BCUT2D eigenvalue weighted by atomic mass is 10.2. The Hall–Kier alpha value is -2.93. The maximum Gasteiger partial charge on any atom is 0.306 e. The molecule has 7 heteroatoms. The van der Waals surface area contributed by atoms with Gasteiger partial charge in [0.1, 0.15) is 10.8 Å². The van der Waals surface area contributed by atoms with E-state index >= 15 is 0 Å². The number of likely N-dealkylation sites (N-methyl/N-ethyl adjacent to an activating group) is 1. The van der Waals surface area contributed by atoms with Crippen molar-refractivity contribution in [2.75, 3.05) is 20.3 Å². The summed E-state index contributed by atoms with van der Waals surface area (Å²) in [5.74, 6) is 0.114. The summed E-state index contributed by atoms with van der Waals surface area (Å²) in [5, 5.41) is 0.849. The molecule has 3 rings (SSSR count). The van der Waals surface area contributed by atoms with Gasteiger partial charge in [-0.1, -0.05) is 29.8 Å². The van der Waals surface area contributed by atoms with E-state index in [1.807, 2.05) is 55.5 Å². The standard InChI is InChI=1S/C22H24N2O4S/c1-16-9-11-17(12-10-16)27-13-5-8-22(26)28-15-21(25)24(2)14-20-23-18-6-3-4-7-19(18)29-20/h3-4,6-7,9-12H,5,8,13-15H2,1-2H3. The zero-order chi connectivity index (χ0) is 20.6. The average molecular weight is 413 g/mol. The molecule has 0 unspecified atom stereocenters. The average Bonchev–Trinajstić information content (AvgIpc) is 3.13. The molecule has 1 heterocycles. The largest absolute Gasteiger partial charge is 0.494 e. The number of para-hydroxylation sites is 1. The van der Waals surface area contributed by atoms with Crippen molar-refractivity contribution in [3.63, 3.8) is 0 Å². The van der Waals surface area contributed by atoms with Gasteiger partial charge >= 0.3 is 5.97 Å². The zero-order valence-electron chi connectivity index (χ0n) is 16.6. The number of esters is 1. The smallest absolute Gasteiger partial charge is 0.306 e. The summed E-state index contributed by atoms with van der Waals surface area (Å²) in [6.07, 6.45) is 0.739. The van der Waals surface area contributed by atoms with E-state index in [0.29, 0.717) is 19.6 Å². The third-order valence-electron chi connectivity index (χ3n) is 4.31. The van der Waals surface area contributed by atoms with Gasteiger partial charge in [0, 0.05) is 13.5 Å². The van der Waals surface area contributed by atoms with Crippen LogP contribution in [-0.2, 0) is 20.9 Å². The molecule has 0 saturated carbocycles. The Morgan fingerprint density at radius 3 is 2.62 bits per heavy atom. The van der Waals surface area contributed by atoms with Crippen LogP contribution in [0.1, 0.15) is 23.4 Å². The lowest BCUT2D eigenvalue weighted by Crippen LogP contribution is -2.30. The number of rotatable bonds is 9. The highest BCUT2D eigenvalue weighted by Gasteiger charge is 2.14. The van der Waals surface area contributed by atoms with E-state index in [0.717, 1.165) is 21.0 Å². The first-order valence-corrected chi connectivity index (χ1v) is 10.3. The number of amides is 1. The fourth-order valence-corrected chi connectivity index (χ4v) is 3.67. The van der Waals surface area contributed by atoms with Crippen LogP contribution >= 0.6 is 11.3 Å². The maximum atomic E-state index is 12.2. The van der Waals surface area contributed by atoms with Crippen LogP contribution in [-0.4, -0.2) is 42.0 Å². The number of benzene rings is 2. The van der Waals surface area contributed by atoms with Crippen LogP contribution in [0, 0.1) is 6.92 Å². The maximum absolute atomic E-state index is 12.2. The second-order valence-electron chi connectivity index (χ2n) is 6.75. The third-order valence-corrected chi connectivity index (χ3v) is 5.33. The molecule has 1 amide bonds. The minimum Gasteiger partial charge on any atom is -0.494 e. The summed E-state index contributed by atoms with van der Waals surface area (Å²) in [6, 6.07) is 15.6. The van der Waals surface area contributed by atoms with Crippen LogP contribution < -0.4 is 4.74 Å². The van der Waals surface area contributed by atoms with E-state index in [1.54, 1.807) is 18.4 Å². The van der Waals surface area contributed by atoms with Crippen LogP contribution in [0.3, 0.4) is 0 Å². The Bertz CT molecular complexity index is 935. The number of hydrogen-bond donors (Lipinski definition) is 0. The van der Waals surface area contributed by atoms with Crippen LogP contribution in [0.15, 0.2) is 48.5 Å². The summed E-state index contributed by atoms with van der Waals surface area (Å²) in [7, 11) is 1.68. The second kappa shape index (κ2) is 10.0. The molecule has 0 aliphatic carbocycles. The summed E-state index contributed by atoms with van der Waals surface area (Å²) >= 11 is 1.55. The van der Waals surface area contributed by atoms with E-state index in [4.69, 9.17) is 9.47 Å². The molecule has 0 bridgehead atoms. The van der Waals surface area contributed by atoms with Gasteiger partial charge < -0.3 is 14.4 Å². The van der Waals surface area contributed by atoms with E-state index in [9.17, 15) is 9.59 Å². The minimum atomic E-state index is -0.403. The molecular formula is C22H24N2O4S. The molecule has 0 spiro atoms. The number of ether oxygens (including phenoxy) is 2. The third kappa shape index (κ3) is 6.29. The monoisotopic (exact) mass is 412 g/mol. The van der Waals surface area contributed by atoms with E-state index in [1.165, 1.54) is 10.5 Å². The highest BCUT2D eigenvalue weighted by Crippen LogP contribution is 2.22. The Balaban J connectivity index is 1.34. The quantitative estimate of drug-likeness (QED) is 0.393. The summed E-state index contributed by atoms with van der Waals surface area (Å²) < 4.78 is 11.8. The summed E-state index contributed by atoms with van der Waals surface area (Å²) in [4.78, 5) is 30.1. The molecule has 0 fully saturated rings. The van der Waals surface area contributed by atoms with Gasteiger partial charge in [-0.3, -0.25) is 9.59 Å². The number of carbonyl (C=O) groups is 2. The molecular weight excluding hydrogens is 388 g/mol. The fourth-order valence-electron chi connectivity index (χ4n) is 2.64. The molecule has 0 N–H and O–H groups in total. The Morgan fingerprint density at radius 2 is 1.86 bits per heavy atom. The molecule has 3 aromatic rings. The molecule has 152 valence electrons. The van der Waals surface area contributed by atoms with Crippen molar-refractivity contribution in [2.24, 2.45) is 0 Å². The zero-order valence-corrected chi connectivity index (χ0v) is 17.4. The van der Waals surface area contributed by atoms with Gasteiger partial charge in [0.15, 0.2) is 6.61 Å². The van der Waals surface area contributed by atoms with Crippen molar-refractivity contribution in [3.05, 3.63) is 59.1 Å². The first-order valence-electron chi connectivity index (χ1n) is 9.45. The first kappa shape index (κ1) is 20.8. The van der Waals surface area contributed by atoms with Crippen molar-refractivity contribution in [3.8, 4) is 5.75 Å². The van der Waals surface area contributed by atoms with E-state index < -0.39 is 5.97 Å². The SMILES string of the molecule is Cc1ccc(OCCCC(=O)OCC(=O)N(C)Cc2nc3ccccc3s2)cc1. The molecule has 0 radical (unpaired) electrons. The van der Waals surface area contributed by atoms with Crippen molar-refractivity contribution in [2.45, 2.75) is 26.3 Å². The number of thiazole rings is 1. The summed E-state index contributed by atoms with van der Waals surface area (Å²) in [5.41, 5.74) is 2.09. The van der Waals surface area contributed by atoms with E-state index in [2.05, 4.69) is 4.98 Å². The molecule has 6 nitrogen and oxygen atoms in total. The second-order valence-corrected chi connectivity index (χ2v) is 7.87. The number of aryl methyl sites for hydroxylation is 1. The number of nitrogens with zero attached hydrogens (tertiary/aromatic N) is 2. The van der Waals surface area contributed by atoms with Crippen molar-refractivity contribution in [1.29, 1.82) is 0 Å². The lowest BCUT2D eigenvalue weighted by Gasteiger charge is -2.15. The van der Waals surface area contributed by atoms with Gasteiger partial charge in [-0.05, 0) is 37.6 Å². The lowest BCUT2D eigenvalue weighted by molar-refractivity contribution is -0.151.